The molecule has 3 aromatic carbocycles. The molecule has 294 valence electrons. The van der Waals surface area contributed by atoms with Crippen LogP contribution in [-0.4, -0.2) is 89.5 Å². The van der Waals surface area contributed by atoms with Gasteiger partial charge in [-0.25, -0.2) is 0 Å². The van der Waals surface area contributed by atoms with Gasteiger partial charge in [-0.2, -0.15) is 0 Å². The number of aliphatic hydroxyl groups excluding tert-OH is 2. The Morgan fingerprint density at radius 1 is 1.06 bits per heavy atom. The maximum atomic E-state index is 12.1. The van der Waals surface area contributed by atoms with E-state index in [1.807, 2.05) is 43.3 Å². The van der Waals surface area contributed by atoms with Crippen molar-refractivity contribution < 1.29 is 60.9 Å². The van der Waals surface area contributed by atoms with Gasteiger partial charge in [-0.15, -0.1) is 0 Å². The lowest BCUT2D eigenvalue weighted by Gasteiger charge is -2.53. The number of benzene rings is 3. The number of phenolic OH excluding ortho intramolecular Hbond substituents is 1. The number of hydrogen-bond donors (Lipinski definition) is 6. The van der Waals surface area contributed by atoms with E-state index in [9.17, 15) is 25.2 Å². The highest BCUT2D eigenvalue weighted by Gasteiger charge is 2.48. The van der Waals surface area contributed by atoms with Gasteiger partial charge in [0, 0.05) is 55.0 Å². The number of fused-ring (bicyclic) bond motifs is 4. The van der Waals surface area contributed by atoms with Crippen LogP contribution in [0.25, 0.3) is 0 Å². The van der Waals surface area contributed by atoms with Crippen LogP contribution in [0.5, 0.6) is 17.2 Å². The van der Waals surface area contributed by atoms with Gasteiger partial charge in [0.1, 0.15) is 35.5 Å². The van der Waals surface area contributed by atoms with E-state index >= 15 is 0 Å². The number of carbonyl (C=O) groups excluding carboxylic acids is 1. The number of aromatic hydroxyl groups is 1. The number of anilines is 1. The summed E-state index contributed by atoms with van der Waals surface area (Å²) in [6, 6.07) is 18.6. The van der Waals surface area contributed by atoms with E-state index in [-0.39, 0.29) is 66.5 Å². The number of carbonyl (C=O) groups is 1. The third-order valence-corrected chi connectivity index (χ3v) is 12.4. The summed E-state index contributed by atoms with van der Waals surface area (Å²) in [6.07, 6.45) is 6.79. The third kappa shape index (κ3) is 8.91. The van der Waals surface area contributed by atoms with E-state index in [0.29, 0.717) is 47.4 Å². The Kier molecular flexibility index (Phi) is 13.3. The van der Waals surface area contributed by atoms with Crippen molar-refractivity contribution in [3.8, 4) is 17.2 Å². The van der Waals surface area contributed by atoms with E-state index in [4.69, 9.17) is 14.2 Å². The zero-order chi connectivity index (χ0) is 37.0. The smallest absolute Gasteiger partial charge is 0.262 e. The van der Waals surface area contributed by atoms with Crippen molar-refractivity contribution in [1.82, 2.24) is 5.32 Å². The number of nitrogens with zero attached hydrogens (tertiary/aromatic N) is 1. The Balaban J connectivity index is 0.00000497. The average molecular weight is 811 g/mol. The number of phenols is 1. The molecule has 3 saturated heterocycles. The molecule has 5 aliphatic rings. The van der Waals surface area contributed by atoms with E-state index in [2.05, 4.69) is 22.8 Å². The molecule has 4 aliphatic heterocycles. The summed E-state index contributed by atoms with van der Waals surface area (Å²) >= 11 is 0. The molecule has 2 bridgehead atoms. The van der Waals surface area contributed by atoms with E-state index < -0.39 is 11.7 Å². The Bertz CT molecular complexity index is 1720. The molecule has 3 aromatic rings. The maximum absolute atomic E-state index is 12.1. The topological polar surface area (TPSA) is 150 Å². The molecule has 1 aliphatic carbocycles. The first-order chi connectivity index (χ1) is 25.7. The summed E-state index contributed by atoms with van der Waals surface area (Å²) in [7, 11) is 0. The molecule has 0 spiro atoms. The molecule has 54 heavy (non-hydrogen) atoms. The first kappa shape index (κ1) is 40.4. The normalized spacial score (nSPS) is 24.4. The van der Waals surface area contributed by atoms with Gasteiger partial charge >= 0.3 is 0 Å². The molecule has 8 rings (SSSR count). The fourth-order valence-corrected chi connectivity index (χ4v) is 9.22. The van der Waals surface area contributed by atoms with Crippen LogP contribution < -0.4 is 37.1 Å². The first-order valence-corrected chi connectivity index (χ1v) is 19.5. The fraction of sp³-hybridized carbons (Fsp3) is 0.548. The molecular weight excluding hydrogens is 754 g/mol. The SMILES string of the molecule is CC(NC[C@H](O)c1cc(O)cc2c1OCC(=O)N2)c1ccc(OCCC[N+]23CCC(CC2)[C@@H](OC[C@@](O)(c2ccccc2)C2CCCC2)C3)c(CO)c1.[Br-]. The predicted molar refractivity (Wildman–Crippen MR) is 201 cm³/mol. The van der Waals surface area contributed by atoms with Gasteiger partial charge in [-0.3, -0.25) is 4.79 Å². The van der Waals surface area contributed by atoms with Gasteiger partial charge in [-0.1, -0.05) is 49.2 Å². The average Bonchev–Trinajstić information content (AvgIpc) is 3.74. The number of piperidine rings is 3. The second kappa shape index (κ2) is 17.7. The molecular formula is C42H56BrN3O8. The summed E-state index contributed by atoms with van der Waals surface area (Å²) in [5.41, 5.74) is 2.39. The molecule has 1 saturated carbocycles. The number of hydrogen-bond acceptors (Lipinski definition) is 9. The quantitative estimate of drug-likeness (QED) is 0.0946. The number of rotatable bonds is 16. The lowest BCUT2D eigenvalue weighted by molar-refractivity contribution is -0.946. The minimum absolute atomic E-state index is 0. The molecule has 0 radical (unpaired) electrons. The number of ether oxygens (including phenoxy) is 3. The van der Waals surface area contributed by atoms with Crippen molar-refractivity contribution in [3.63, 3.8) is 0 Å². The van der Waals surface area contributed by atoms with E-state index in [0.717, 1.165) is 73.9 Å². The van der Waals surface area contributed by atoms with Crippen molar-refractivity contribution >= 4 is 11.6 Å². The molecule has 12 heteroatoms. The van der Waals surface area contributed by atoms with E-state index in [1.54, 1.807) is 0 Å². The summed E-state index contributed by atoms with van der Waals surface area (Å²) in [6.45, 7) is 7.04. The molecule has 4 fully saturated rings. The number of aliphatic hydroxyl groups is 3. The van der Waals surface area contributed by atoms with Crippen molar-refractivity contribution in [1.29, 1.82) is 0 Å². The van der Waals surface area contributed by atoms with Crippen molar-refractivity contribution in [3.05, 3.63) is 82.9 Å². The molecule has 4 heterocycles. The monoisotopic (exact) mass is 809 g/mol. The van der Waals surface area contributed by atoms with Gasteiger partial charge in [0.05, 0.1) is 51.2 Å². The summed E-state index contributed by atoms with van der Waals surface area (Å²) in [4.78, 5) is 11.7. The zero-order valence-corrected chi connectivity index (χ0v) is 32.8. The van der Waals surface area contributed by atoms with Crippen LogP contribution in [0, 0.1) is 11.8 Å². The second-order valence-electron chi connectivity index (χ2n) is 15.8. The van der Waals surface area contributed by atoms with E-state index in [1.165, 1.54) is 25.0 Å². The van der Waals surface area contributed by atoms with Crippen LogP contribution in [-0.2, 0) is 21.7 Å². The number of amides is 1. The molecule has 4 atom stereocenters. The van der Waals surface area contributed by atoms with Crippen molar-refractivity contribution in [2.45, 2.75) is 82.3 Å². The predicted octanol–water partition coefficient (Wildman–Crippen LogP) is 2.08. The van der Waals surface area contributed by atoms with Gasteiger partial charge in [0.2, 0.25) is 0 Å². The first-order valence-electron chi connectivity index (χ1n) is 19.5. The Labute approximate surface area is 329 Å². The highest BCUT2D eigenvalue weighted by atomic mass is 79.9. The Morgan fingerprint density at radius 3 is 2.56 bits per heavy atom. The van der Waals surface area contributed by atoms with Gasteiger partial charge in [0.15, 0.2) is 6.61 Å². The van der Waals surface area contributed by atoms with Gasteiger partial charge < -0.3 is 66.7 Å². The zero-order valence-electron chi connectivity index (χ0n) is 31.2. The van der Waals surface area contributed by atoms with Crippen LogP contribution in [0.4, 0.5) is 5.69 Å². The highest BCUT2D eigenvalue weighted by molar-refractivity contribution is 5.96. The number of nitrogens with one attached hydrogen (secondary N) is 2. The van der Waals surface area contributed by atoms with Crippen LogP contribution in [0.3, 0.4) is 0 Å². The number of halogens is 1. The fourth-order valence-electron chi connectivity index (χ4n) is 9.22. The van der Waals surface area contributed by atoms with Crippen molar-refractivity contribution in [2.24, 2.45) is 11.8 Å². The Hall–Kier alpha value is -3.23. The Morgan fingerprint density at radius 2 is 1.81 bits per heavy atom. The van der Waals surface area contributed by atoms with Crippen LogP contribution in [0.15, 0.2) is 60.7 Å². The van der Waals surface area contributed by atoms with Gasteiger partial charge in [0.25, 0.3) is 5.91 Å². The summed E-state index contributed by atoms with van der Waals surface area (Å²) < 4.78 is 19.6. The minimum Gasteiger partial charge on any atom is -1.00 e. The molecule has 1 unspecified atom stereocenters. The lowest BCUT2D eigenvalue weighted by atomic mass is 9.80. The minimum atomic E-state index is -0.999. The molecule has 1 amide bonds. The van der Waals surface area contributed by atoms with Crippen LogP contribution in [0.2, 0.25) is 0 Å². The lowest BCUT2D eigenvalue weighted by Crippen LogP contribution is -3.00. The molecule has 0 aromatic heterocycles. The third-order valence-electron chi connectivity index (χ3n) is 12.4. The summed E-state index contributed by atoms with van der Waals surface area (Å²) in [5.74, 6) is 1.41. The maximum Gasteiger partial charge on any atom is 0.262 e. The van der Waals surface area contributed by atoms with Gasteiger partial charge in [-0.05, 0) is 55.0 Å². The number of quaternary nitrogens is 1. The largest absolute Gasteiger partial charge is 1.00 e. The van der Waals surface area contributed by atoms with Crippen LogP contribution >= 0.6 is 0 Å². The standard InChI is InChI=1S/C42H55N3O8.BrH/c1-28(43-23-37(48)35-21-34(47)22-36-41(35)52-26-40(49)44-36)30-12-13-38(31(20-30)25-46)51-19-7-16-45-17-14-29(15-18-45)39(24-45)53-27-42(50,33-10-5-6-11-33)32-8-3-2-4-9-32;/h2-4,8-9,12-13,20-22,28-29,33,37,39,43,46,48,50H,5-7,10-11,14-19,23-27H2,1H3,(H-,44,47,49);1H/t28?,29?,37-,39-,42+,45?;/m0./s1. The summed E-state index contributed by atoms with van der Waals surface area (Å²) in [5, 5.41) is 49.4. The van der Waals surface area contributed by atoms with Crippen molar-refractivity contribution in [2.75, 3.05) is 57.9 Å². The highest BCUT2D eigenvalue weighted by Crippen LogP contribution is 2.43. The second-order valence-corrected chi connectivity index (χ2v) is 15.8. The van der Waals surface area contributed by atoms with Crippen LogP contribution in [0.1, 0.15) is 86.3 Å². The molecule has 6 N–H and O–H groups in total. The molecule has 11 nitrogen and oxygen atoms in total.